The summed E-state index contributed by atoms with van der Waals surface area (Å²) < 4.78 is 0. The van der Waals surface area contributed by atoms with Crippen LogP contribution in [0.15, 0.2) is 18.2 Å². The van der Waals surface area contributed by atoms with Crippen molar-refractivity contribution in [2.75, 3.05) is 13.1 Å². The molecule has 0 saturated carbocycles. The van der Waals surface area contributed by atoms with Crippen LogP contribution in [0.5, 0.6) is 0 Å². The molecule has 1 unspecified atom stereocenters. The Labute approximate surface area is 134 Å². The lowest BCUT2D eigenvalue weighted by Crippen LogP contribution is -2.40. The van der Waals surface area contributed by atoms with Crippen molar-refractivity contribution in [2.45, 2.75) is 27.2 Å². The predicted molar refractivity (Wildman–Crippen MR) is 83.3 cm³/mol. The van der Waals surface area contributed by atoms with E-state index in [0.29, 0.717) is 18.5 Å². The van der Waals surface area contributed by atoms with Crippen LogP contribution in [0.1, 0.15) is 36.2 Å². The van der Waals surface area contributed by atoms with Gasteiger partial charge in [0.2, 0.25) is 0 Å². The molecule has 124 valence electrons. The fourth-order valence-electron chi connectivity index (χ4n) is 3.02. The summed E-state index contributed by atoms with van der Waals surface area (Å²) in [7, 11) is 0. The summed E-state index contributed by atoms with van der Waals surface area (Å²) in [6, 6.07) is 4.34. The molecule has 1 aliphatic rings. The van der Waals surface area contributed by atoms with Gasteiger partial charge in [-0.2, -0.15) is 0 Å². The number of likely N-dealkylation sites (tertiary alicyclic amines) is 1. The summed E-state index contributed by atoms with van der Waals surface area (Å²) >= 11 is 0. The highest BCUT2D eigenvalue weighted by Crippen LogP contribution is 2.38. The van der Waals surface area contributed by atoms with Gasteiger partial charge in [0.15, 0.2) is 0 Å². The first-order valence-electron chi connectivity index (χ1n) is 7.47. The van der Waals surface area contributed by atoms with Crippen LogP contribution >= 0.6 is 0 Å². The molecule has 1 N–H and O–H groups in total. The average molecular weight is 320 g/mol. The zero-order valence-electron chi connectivity index (χ0n) is 13.4. The minimum atomic E-state index is -0.952. The summed E-state index contributed by atoms with van der Waals surface area (Å²) in [5.74, 6) is -1.38. The number of benzene rings is 1. The first-order valence-corrected chi connectivity index (χ1v) is 7.47. The molecule has 1 saturated heterocycles. The maximum atomic E-state index is 12.6. The number of carbonyl (C=O) groups excluding carboxylic acids is 1. The molecule has 7 heteroatoms. The maximum Gasteiger partial charge on any atom is 0.311 e. The predicted octanol–water partition coefficient (Wildman–Crippen LogP) is 2.48. The van der Waals surface area contributed by atoms with Gasteiger partial charge >= 0.3 is 5.97 Å². The summed E-state index contributed by atoms with van der Waals surface area (Å²) in [4.78, 5) is 36.2. The smallest absolute Gasteiger partial charge is 0.311 e. The van der Waals surface area contributed by atoms with Crippen molar-refractivity contribution in [1.29, 1.82) is 0 Å². The van der Waals surface area contributed by atoms with Gasteiger partial charge in [-0.1, -0.05) is 19.9 Å². The fraction of sp³-hybridized carbons (Fsp3) is 0.500. The highest BCUT2D eigenvalue weighted by atomic mass is 16.6. The molecule has 0 bridgehead atoms. The Hall–Kier alpha value is -2.44. The van der Waals surface area contributed by atoms with Crippen LogP contribution in [0.2, 0.25) is 0 Å². The Morgan fingerprint density at radius 2 is 2.04 bits per heavy atom. The SMILES string of the molecule is Cc1ccc(C(=O)N2CCC(C(=O)O)(C(C)C)C2)cc1[N+](=O)[O-]. The second kappa shape index (κ2) is 5.98. The topological polar surface area (TPSA) is 101 Å². The first-order chi connectivity index (χ1) is 10.7. The summed E-state index contributed by atoms with van der Waals surface area (Å²) in [6.45, 7) is 5.74. The van der Waals surface area contributed by atoms with Crippen molar-refractivity contribution in [1.82, 2.24) is 4.90 Å². The van der Waals surface area contributed by atoms with E-state index in [0.717, 1.165) is 0 Å². The van der Waals surface area contributed by atoms with Crippen molar-refractivity contribution in [3.8, 4) is 0 Å². The fourth-order valence-corrected chi connectivity index (χ4v) is 3.02. The van der Waals surface area contributed by atoms with E-state index >= 15 is 0 Å². The highest BCUT2D eigenvalue weighted by molar-refractivity contribution is 5.95. The van der Waals surface area contributed by atoms with Gasteiger partial charge in [-0.05, 0) is 25.3 Å². The number of aryl methyl sites for hydroxylation is 1. The molecule has 0 aliphatic carbocycles. The molecule has 0 spiro atoms. The Bertz CT molecular complexity index is 670. The van der Waals surface area contributed by atoms with Crippen LogP contribution in [0, 0.1) is 28.4 Å². The third-order valence-electron chi connectivity index (χ3n) is 4.77. The van der Waals surface area contributed by atoms with Gasteiger partial charge in [-0.15, -0.1) is 0 Å². The van der Waals surface area contributed by atoms with E-state index in [9.17, 15) is 24.8 Å². The number of aliphatic carboxylic acids is 1. The molecule has 1 aliphatic heterocycles. The average Bonchev–Trinajstić information content (AvgIpc) is 2.93. The molecular weight excluding hydrogens is 300 g/mol. The van der Waals surface area contributed by atoms with E-state index in [4.69, 9.17) is 0 Å². The van der Waals surface area contributed by atoms with Crippen LogP contribution in [0.25, 0.3) is 0 Å². The molecular formula is C16H20N2O5. The summed E-state index contributed by atoms with van der Waals surface area (Å²) in [5.41, 5.74) is -0.363. The van der Waals surface area contributed by atoms with Gasteiger partial charge in [-0.3, -0.25) is 19.7 Å². The summed E-state index contributed by atoms with van der Waals surface area (Å²) in [5, 5.41) is 20.5. The van der Waals surface area contributed by atoms with E-state index < -0.39 is 16.3 Å². The Balaban J connectivity index is 2.28. The number of amides is 1. The second-order valence-electron chi connectivity index (χ2n) is 6.35. The summed E-state index contributed by atoms with van der Waals surface area (Å²) in [6.07, 6.45) is 0.389. The van der Waals surface area contributed by atoms with Crippen LogP contribution in [0.4, 0.5) is 5.69 Å². The Kier molecular flexibility index (Phi) is 4.40. The molecule has 1 heterocycles. The van der Waals surface area contributed by atoms with Crippen LogP contribution in [-0.2, 0) is 4.79 Å². The van der Waals surface area contributed by atoms with Crippen LogP contribution < -0.4 is 0 Å². The largest absolute Gasteiger partial charge is 0.481 e. The van der Waals surface area contributed by atoms with E-state index in [1.165, 1.54) is 17.0 Å². The molecule has 1 amide bonds. The van der Waals surface area contributed by atoms with E-state index in [2.05, 4.69) is 0 Å². The molecule has 1 fully saturated rings. The number of nitro groups is 1. The van der Waals surface area contributed by atoms with Gasteiger partial charge in [0.1, 0.15) is 0 Å². The minimum absolute atomic E-state index is 0.106. The van der Waals surface area contributed by atoms with Gasteiger partial charge < -0.3 is 10.0 Å². The highest BCUT2D eigenvalue weighted by Gasteiger charge is 2.48. The Morgan fingerprint density at radius 1 is 1.39 bits per heavy atom. The zero-order chi connectivity index (χ0) is 17.4. The maximum absolute atomic E-state index is 12.6. The number of carboxylic acids is 1. The number of nitro benzene ring substituents is 1. The van der Waals surface area contributed by atoms with Gasteiger partial charge in [0, 0.05) is 30.3 Å². The van der Waals surface area contributed by atoms with E-state index in [1.807, 2.05) is 13.8 Å². The first kappa shape index (κ1) is 16.9. The molecule has 0 radical (unpaired) electrons. The lowest BCUT2D eigenvalue weighted by atomic mass is 9.76. The van der Waals surface area contributed by atoms with Crippen molar-refractivity contribution in [3.05, 3.63) is 39.4 Å². The second-order valence-corrected chi connectivity index (χ2v) is 6.35. The van der Waals surface area contributed by atoms with Crippen molar-refractivity contribution >= 4 is 17.6 Å². The third kappa shape index (κ3) is 2.91. The molecule has 2 rings (SSSR count). The lowest BCUT2D eigenvalue weighted by molar-refractivity contribution is -0.385. The molecule has 0 aromatic heterocycles. The molecule has 1 aromatic carbocycles. The van der Waals surface area contributed by atoms with E-state index in [1.54, 1.807) is 13.0 Å². The lowest BCUT2D eigenvalue weighted by Gasteiger charge is -2.28. The van der Waals surface area contributed by atoms with Crippen LogP contribution in [-0.4, -0.2) is 39.9 Å². The Morgan fingerprint density at radius 3 is 2.52 bits per heavy atom. The van der Waals surface area contributed by atoms with Crippen molar-refractivity contribution in [2.24, 2.45) is 11.3 Å². The standard InChI is InChI=1S/C16H20N2O5/c1-10(2)16(15(20)21)6-7-17(9-16)14(19)12-5-4-11(3)13(8-12)18(22)23/h4-5,8,10H,6-7,9H2,1-3H3,(H,20,21). The third-order valence-corrected chi connectivity index (χ3v) is 4.77. The molecule has 1 atom stereocenters. The van der Waals surface area contributed by atoms with Gasteiger partial charge in [-0.25, -0.2) is 0 Å². The number of carboxylic acid groups (broad SMARTS) is 1. The van der Waals surface area contributed by atoms with Gasteiger partial charge in [0.05, 0.1) is 10.3 Å². The van der Waals surface area contributed by atoms with Crippen molar-refractivity contribution in [3.63, 3.8) is 0 Å². The molecule has 1 aromatic rings. The minimum Gasteiger partial charge on any atom is -0.481 e. The number of rotatable bonds is 4. The van der Waals surface area contributed by atoms with Crippen LogP contribution in [0.3, 0.4) is 0 Å². The monoisotopic (exact) mass is 320 g/mol. The van der Waals surface area contributed by atoms with Crippen molar-refractivity contribution < 1.29 is 19.6 Å². The van der Waals surface area contributed by atoms with E-state index in [-0.39, 0.29) is 29.6 Å². The number of nitrogens with zero attached hydrogens (tertiary/aromatic N) is 2. The number of hydrogen-bond acceptors (Lipinski definition) is 4. The number of carbonyl (C=O) groups is 2. The molecule has 23 heavy (non-hydrogen) atoms. The normalized spacial score (nSPS) is 20.8. The molecule has 7 nitrogen and oxygen atoms in total. The zero-order valence-corrected chi connectivity index (χ0v) is 13.4. The quantitative estimate of drug-likeness (QED) is 0.678. The number of hydrogen-bond donors (Lipinski definition) is 1. The van der Waals surface area contributed by atoms with Gasteiger partial charge in [0.25, 0.3) is 11.6 Å².